The number of hydrogen-bond donors (Lipinski definition) is 1. The smallest absolute Gasteiger partial charge is 0.264 e. The maximum absolute atomic E-state index is 14.0. The van der Waals surface area contributed by atoms with E-state index in [1.165, 1.54) is 41.3 Å². The van der Waals surface area contributed by atoms with E-state index in [9.17, 15) is 22.4 Å². The van der Waals surface area contributed by atoms with Gasteiger partial charge in [-0.1, -0.05) is 38.1 Å². The summed E-state index contributed by atoms with van der Waals surface area (Å²) in [4.78, 5) is 28.3. The molecule has 8 nitrogen and oxygen atoms in total. The van der Waals surface area contributed by atoms with Crippen LogP contribution in [0.4, 0.5) is 10.1 Å². The van der Waals surface area contributed by atoms with Crippen LogP contribution >= 0.6 is 0 Å². The third-order valence-electron chi connectivity index (χ3n) is 6.57. The van der Waals surface area contributed by atoms with Gasteiger partial charge in [-0.2, -0.15) is 0 Å². The summed E-state index contributed by atoms with van der Waals surface area (Å²) < 4.78 is 47.9. The largest absolute Gasteiger partial charge is 0.494 e. The first kappa shape index (κ1) is 31.6. The molecule has 0 aliphatic rings. The minimum Gasteiger partial charge on any atom is -0.494 e. The quantitative estimate of drug-likeness (QED) is 0.308. The number of halogens is 1. The second-order valence-corrected chi connectivity index (χ2v) is 12.0. The summed E-state index contributed by atoms with van der Waals surface area (Å²) in [6.45, 7) is 9.63. The number of sulfonamides is 1. The summed E-state index contributed by atoms with van der Waals surface area (Å²) in [7, 11) is -4.27. The molecule has 41 heavy (non-hydrogen) atoms. The second kappa shape index (κ2) is 14.1. The maximum atomic E-state index is 14.0. The predicted octanol–water partition coefficient (Wildman–Crippen LogP) is 4.92. The molecule has 1 atom stereocenters. The summed E-state index contributed by atoms with van der Waals surface area (Å²) in [5.41, 5.74) is 1.87. The van der Waals surface area contributed by atoms with Gasteiger partial charge in [0.05, 0.1) is 17.2 Å². The van der Waals surface area contributed by atoms with E-state index in [1.54, 1.807) is 6.92 Å². The number of amides is 2. The van der Waals surface area contributed by atoms with Crippen molar-refractivity contribution >= 4 is 27.5 Å². The van der Waals surface area contributed by atoms with Crippen molar-refractivity contribution < 1.29 is 27.1 Å². The van der Waals surface area contributed by atoms with E-state index in [2.05, 4.69) is 5.32 Å². The Morgan fingerprint density at radius 1 is 0.951 bits per heavy atom. The molecule has 0 saturated carbocycles. The van der Waals surface area contributed by atoms with Crippen molar-refractivity contribution in [2.75, 3.05) is 24.0 Å². The van der Waals surface area contributed by atoms with Gasteiger partial charge < -0.3 is 15.0 Å². The van der Waals surface area contributed by atoms with Crippen LogP contribution in [0.1, 0.15) is 38.8 Å². The lowest BCUT2D eigenvalue weighted by molar-refractivity contribution is -0.139. The number of hydrogen-bond acceptors (Lipinski definition) is 5. The zero-order valence-corrected chi connectivity index (χ0v) is 24.9. The number of rotatable bonds is 13. The fraction of sp³-hybridized carbons (Fsp3) is 0.355. The molecule has 2 amide bonds. The minimum absolute atomic E-state index is 0.0637. The molecule has 10 heteroatoms. The Hall–Kier alpha value is -3.92. The molecule has 0 unspecified atom stereocenters. The van der Waals surface area contributed by atoms with Gasteiger partial charge in [0.25, 0.3) is 10.0 Å². The molecule has 3 aromatic carbocycles. The molecular formula is C31H38FN3O5S. The molecule has 0 radical (unpaired) electrons. The van der Waals surface area contributed by atoms with Gasteiger partial charge in [0.1, 0.15) is 24.2 Å². The first-order valence-corrected chi connectivity index (χ1v) is 15.0. The van der Waals surface area contributed by atoms with Crippen molar-refractivity contribution in [2.45, 2.75) is 52.1 Å². The van der Waals surface area contributed by atoms with Crippen molar-refractivity contribution in [3.8, 4) is 5.75 Å². The summed E-state index contributed by atoms with van der Waals surface area (Å²) >= 11 is 0. The first-order valence-electron chi connectivity index (χ1n) is 13.6. The second-order valence-electron chi connectivity index (χ2n) is 10.2. The van der Waals surface area contributed by atoms with E-state index in [1.807, 2.05) is 52.0 Å². The molecule has 0 heterocycles. The molecule has 0 fully saturated rings. The lowest BCUT2D eigenvalue weighted by Gasteiger charge is -2.32. The van der Waals surface area contributed by atoms with E-state index in [4.69, 9.17) is 4.74 Å². The molecule has 3 rings (SSSR count). The Morgan fingerprint density at radius 3 is 2.17 bits per heavy atom. The van der Waals surface area contributed by atoms with Crippen molar-refractivity contribution in [1.29, 1.82) is 0 Å². The number of nitrogens with one attached hydrogen (secondary N) is 1. The zero-order valence-electron chi connectivity index (χ0n) is 24.1. The maximum Gasteiger partial charge on any atom is 0.264 e. The van der Waals surface area contributed by atoms with Crippen molar-refractivity contribution in [1.82, 2.24) is 10.2 Å². The standard InChI is InChI=1S/C31H38FN3O5S/c1-6-40-28-15-17-29(18-16-28)41(38,39)35(27-13-11-26(32)12-14-27)21-30(36)34(20-25-10-8-7-9-23(25)4)24(5)31(37)33-19-22(2)3/h7-18,22,24H,6,19-21H2,1-5H3,(H,33,37)/t24-/m0/s1. The van der Waals surface area contributed by atoms with Gasteiger partial charge in [0, 0.05) is 13.1 Å². The van der Waals surface area contributed by atoms with E-state index in [-0.39, 0.29) is 29.0 Å². The Labute approximate surface area is 242 Å². The summed E-state index contributed by atoms with van der Waals surface area (Å²) in [6.07, 6.45) is 0. The highest BCUT2D eigenvalue weighted by molar-refractivity contribution is 7.92. The normalized spacial score (nSPS) is 12.1. The lowest BCUT2D eigenvalue weighted by Crippen LogP contribution is -2.51. The van der Waals surface area contributed by atoms with Crippen molar-refractivity contribution in [3.05, 3.63) is 89.7 Å². The highest BCUT2D eigenvalue weighted by Gasteiger charge is 2.32. The lowest BCUT2D eigenvalue weighted by atomic mass is 10.1. The van der Waals surface area contributed by atoms with Crippen molar-refractivity contribution in [2.24, 2.45) is 5.92 Å². The van der Waals surface area contributed by atoms with E-state index in [0.717, 1.165) is 27.6 Å². The third-order valence-corrected chi connectivity index (χ3v) is 8.36. The summed E-state index contributed by atoms with van der Waals surface area (Å²) in [5.74, 6) is -0.765. The van der Waals surface area contributed by atoms with Crippen molar-refractivity contribution in [3.63, 3.8) is 0 Å². The highest BCUT2D eigenvalue weighted by Crippen LogP contribution is 2.26. The molecule has 1 N–H and O–H groups in total. The van der Waals surface area contributed by atoms with Crippen LogP contribution in [0.5, 0.6) is 5.75 Å². The van der Waals surface area contributed by atoms with Gasteiger partial charge in [0.15, 0.2) is 0 Å². The van der Waals surface area contributed by atoms with Crippen LogP contribution < -0.4 is 14.4 Å². The monoisotopic (exact) mass is 583 g/mol. The number of anilines is 1. The fourth-order valence-corrected chi connectivity index (χ4v) is 5.56. The first-order chi connectivity index (χ1) is 19.4. The topological polar surface area (TPSA) is 96.0 Å². The number of carbonyl (C=O) groups excluding carboxylic acids is 2. The van der Waals surface area contributed by atoms with Gasteiger partial charge in [-0.15, -0.1) is 0 Å². The molecule has 3 aromatic rings. The van der Waals surface area contributed by atoms with E-state index < -0.39 is 34.3 Å². The third kappa shape index (κ3) is 8.29. The van der Waals surface area contributed by atoms with Gasteiger partial charge in [0.2, 0.25) is 11.8 Å². The van der Waals surface area contributed by atoms with Gasteiger partial charge in [-0.25, -0.2) is 12.8 Å². The molecule has 0 spiro atoms. The van der Waals surface area contributed by atoms with Crippen LogP contribution in [0.15, 0.2) is 77.7 Å². The average Bonchev–Trinajstić information content (AvgIpc) is 2.94. The SMILES string of the molecule is CCOc1ccc(S(=O)(=O)N(CC(=O)N(Cc2ccccc2C)[C@@H](C)C(=O)NCC(C)C)c2ccc(F)cc2)cc1. The van der Waals surface area contributed by atoms with Crippen LogP contribution in [0.3, 0.4) is 0 Å². The predicted molar refractivity (Wildman–Crippen MR) is 158 cm³/mol. The van der Waals surface area contributed by atoms with Crippen LogP contribution in [-0.2, 0) is 26.2 Å². The molecule has 220 valence electrons. The Balaban J connectivity index is 2.01. The van der Waals surface area contributed by atoms with E-state index in [0.29, 0.717) is 18.9 Å². The Kier molecular flexibility index (Phi) is 10.9. The molecule has 0 aromatic heterocycles. The number of benzene rings is 3. The molecule has 0 aliphatic heterocycles. The average molecular weight is 584 g/mol. The van der Waals surface area contributed by atoms with Gasteiger partial charge in [-0.05, 0) is 86.3 Å². The summed E-state index contributed by atoms with van der Waals surface area (Å²) in [5, 5.41) is 2.86. The molecule has 0 bridgehead atoms. The molecular weight excluding hydrogens is 545 g/mol. The van der Waals surface area contributed by atoms with Crippen LogP contribution in [-0.4, -0.2) is 50.9 Å². The Bertz CT molecular complexity index is 1430. The van der Waals surface area contributed by atoms with Crippen LogP contribution in [0, 0.1) is 18.7 Å². The van der Waals surface area contributed by atoms with Gasteiger partial charge >= 0.3 is 0 Å². The minimum atomic E-state index is -4.27. The Morgan fingerprint density at radius 2 is 1.59 bits per heavy atom. The molecule has 0 saturated heterocycles. The van der Waals surface area contributed by atoms with Crippen LogP contribution in [0.25, 0.3) is 0 Å². The fourth-order valence-electron chi connectivity index (χ4n) is 4.14. The van der Waals surface area contributed by atoms with Crippen LogP contribution in [0.2, 0.25) is 0 Å². The highest BCUT2D eigenvalue weighted by atomic mass is 32.2. The number of carbonyl (C=O) groups is 2. The summed E-state index contributed by atoms with van der Waals surface area (Å²) in [6, 6.07) is 17.3. The number of nitrogens with zero attached hydrogens (tertiary/aromatic N) is 2. The van der Waals surface area contributed by atoms with Gasteiger partial charge in [-0.3, -0.25) is 13.9 Å². The number of aryl methyl sites for hydroxylation is 1. The number of ether oxygens (including phenoxy) is 1. The molecule has 0 aliphatic carbocycles. The van der Waals surface area contributed by atoms with E-state index >= 15 is 0 Å². The zero-order chi connectivity index (χ0) is 30.2.